The number of rotatable bonds is 8. The van der Waals surface area contributed by atoms with E-state index >= 15 is 0 Å². The van der Waals surface area contributed by atoms with Crippen LogP contribution in [0.5, 0.6) is 0 Å². The molecule has 0 fully saturated rings. The number of sulfonamides is 1. The van der Waals surface area contributed by atoms with Crippen molar-refractivity contribution in [3.8, 4) is 0 Å². The molecule has 2 N–H and O–H groups in total. The molecule has 0 amide bonds. The van der Waals surface area contributed by atoms with Crippen LogP contribution in [-0.4, -0.2) is 13.3 Å². The van der Waals surface area contributed by atoms with E-state index in [0.717, 1.165) is 16.7 Å². The molecule has 0 atom stereocenters. The van der Waals surface area contributed by atoms with Gasteiger partial charge in [-0.05, 0) is 35.6 Å². The van der Waals surface area contributed by atoms with Gasteiger partial charge in [0.05, 0.1) is 4.92 Å². The minimum Gasteiger partial charge on any atom is -0.258 e. The molecule has 0 aliphatic carbocycles. The van der Waals surface area contributed by atoms with E-state index in [-0.39, 0.29) is 6.42 Å². The molecule has 0 saturated heterocycles. The number of hydrogen-bond donors (Lipinski definition) is 1. The highest BCUT2D eigenvalue weighted by Gasteiger charge is 2.37. The Kier molecular flexibility index (Phi) is 6.58. The van der Waals surface area contributed by atoms with Gasteiger partial charge in [-0.25, -0.2) is 13.6 Å². The second kappa shape index (κ2) is 9.59. The van der Waals surface area contributed by atoms with Gasteiger partial charge >= 0.3 is 0 Å². The number of nitro benzene ring substituents is 1. The van der Waals surface area contributed by atoms with Crippen molar-refractivity contribution in [2.75, 3.05) is 0 Å². The first-order valence-corrected chi connectivity index (χ1v) is 12.3. The highest BCUT2D eigenvalue weighted by Crippen LogP contribution is 2.43. The van der Waals surface area contributed by atoms with Gasteiger partial charge in [0.25, 0.3) is 5.69 Å². The molecule has 0 aromatic heterocycles. The summed E-state index contributed by atoms with van der Waals surface area (Å²) in [5.41, 5.74) is 2.36. The molecular weight excluding hydrogens is 448 g/mol. The predicted octanol–water partition coefficient (Wildman–Crippen LogP) is 5.21. The number of hydrogen-bond acceptors (Lipinski definition) is 4. The number of nitrogens with zero attached hydrogens (tertiary/aromatic N) is 1. The maximum atomic E-state index is 12.0. The lowest BCUT2D eigenvalue weighted by Gasteiger charge is -2.36. The minimum absolute atomic E-state index is 0.262. The molecule has 0 aliphatic rings. The van der Waals surface area contributed by atoms with Gasteiger partial charge in [0.1, 0.15) is 0 Å². The van der Waals surface area contributed by atoms with Gasteiger partial charge in [-0.1, -0.05) is 103 Å². The maximum Gasteiger partial charge on any atom is 0.292 e. The number of para-hydroxylation sites is 1. The second-order valence-corrected chi connectivity index (χ2v) is 9.60. The zero-order valence-electron chi connectivity index (χ0n) is 18.4. The van der Waals surface area contributed by atoms with Gasteiger partial charge < -0.3 is 0 Å². The number of aryl methyl sites for hydroxylation is 1. The second-order valence-electron chi connectivity index (χ2n) is 8.07. The van der Waals surface area contributed by atoms with Crippen LogP contribution in [-0.2, 0) is 21.9 Å². The summed E-state index contributed by atoms with van der Waals surface area (Å²) < 4.78 is 24.1. The van der Waals surface area contributed by atoms with E-state index in [0.29, 0.717) is 12.0 Å². The van der Waals surface area contributed by atoms with Crippen LogP contribution in [0, 0.1) is 10.1 Å². The predicted molar refractivity (Wildman–Crippen MR) is 132 cm³/mol. The van der Waals surface area contributed by atoms with Crippen LogP contribution in [0.1, 0.15) is 28.7 Å². The first kappa shape index (κ1) is 23.4. The third kappa shape index (κ3) is 4.48. The first-order valence-electron chi connectivity index (χ1n) is 10.8. The molecule has 6 nitrogen and oxygen atoms in total. The van der Waals surface area contributed by atoms with Gasteiger partial charge in [-0.15, -0.1) is 0 Å². The number of primary sulfonamides is 1. The molecule has 0 aliphatic heterocycles. The van der Waals surface area contributed by atoms with Crippen LogP contribution in [0.4, 0.5) is 5.69 Å². The molecule has 7 heteroatoms. The summed E-state index contributed by atoms with van der Waals surface area (Å²) in [5.74, 6) is 0. The van der Waals surface area contributed by atoms with Crippen LogP contribution in [0.3, 0.4) is 0 Å². The molecule has 0 bridgehead atoms. The topological polar surface area (TPSA) is 103 Å². The summed E-state index contributed by atoms with van der Waals surface area (Å²) in [4.78, 5) is 10.8. The Bertz CT molecular complexity index is 1290. The van der Waals surface area contributed by atoms with Crippen LogP contribution >= 0.6 is 0 Å². The normalized spacial score (nSPS) is 11.8. The fraction of sp³-hybridized carbons (Fsp3) is 0.111. The molecule has 172 valence electrons. The Labute approximate surface area is 198 Å². The van der Waals surface area contributed by atoms with Crippen molar-refractivity contribution in [2.45, 2.75) is 23.2 Å². The van der Waals surface area contributed by atoms with E-state index < -0.39 is 30.9 Å². The summed E-state index contributed by atoms with van der Waals surface area (Å²) >= 11 is 0. The van der Waals surface area contributed by atoms with Crippen molar-refractivity contribution < 1.29 is 13.3 Å². The SMILES string of the molecule is NS(=O)(=O)c1cccc(CCC(c2ccccc2)(c2ccccc2)c2ccccc2)c1[N+](=O)[O-]. The van der Waals surface area contributed by atoms with Crippen LogP contribution in [0.25, 0.3) is 0 Å². The maximum absolute atomic E-state index is 12.0. The molecule has 4 aromatic carbocycles. The van der Waals surface area contributed by atoms with Gasteiger partial charge in [0.2, 0.25) is 10.0 Å². The highest BCUT2D eigenvalue weighted by molar-refractivity contribution is 7.89. The van der Waals surface area contributed by atoms with Crippen molar-refractivity contribution >= 4 is 15.7 Å². The van der Waals surface area contributed by atoms with E-state index in [1.807, 2.05) is 54.6 Å². The number of nitro groups is 1. The Morgan fingerprint density at radius 3 is 1.53 bits per heavy atom. The molecule has 0 unspecified atom stereocenters. The molecule has 34 heavy (non-hydrogen) atoms. The van der Waals surface area contributed by atoms with E-state index in [1.54, 1.807) is 6.07 Å². The molecular formula is C27H24N2O4S. The highest BCUT2D eigenvalue weighted by atomic mass is 32.2. The fourth-order valence-corrected chi connectivity index (χ4v) is 5.37. The molecule has 0 saturated carbocycles. The summed E-state index contributed by atoms with van der Waals surface area (Å²) in [6, 6.07) is 34.3. The molecule has 0 radical (unpaired) electrons. The molecule has 4 aromatic rings. The van der Waals surface area contributed by atoms with Gasteiger partial charge in [0, 0.05) is 11.0 Å². The van der Waals surface area contributed by atoms with Crippen molar-refractivity contribution in [3.05, 3.63) is 142 Å². The smallest absolute Gasteiger partial charge is 0.258 e. The zero-order valence-corrected chi connectivity index (χ0v) is 19.2. The summed E-state index contributed by atoms with van der Waals surface area (Å²) in [6.07, 6.45) is 0.734. The monoisotopic (exact) mass is 472 g/mol. The lowest BCUT2D eigenvalue weighted by atomic mass is 9.66. The number of benzene rings is 4. The number of nitrogens with two attached hydrogens (primary N) is 1. The van der Waals surface area contributed by atoms with E-state index in [1.165, 1.54) is 12.1 Å². The standard InChI is InChI=1S/C27H24N2O4S/c28-34(32,33)25-18-10-11-21(26(25)29(30)31)19-20-27(22-12-4-1-5-13-22,23-14-6-2-7-15-23)24-16-8-3-9-17-24/h1-18H,19-20H2,(H2,28,32,33). The quantitative estimate of drug-likeness (QED) is 0.216. The molecule has 0 heterocycles. The van der Waals surface area contributed by atoms with E-state index in [2.05, 4.69) is 36.4 Å². The fourth-order valence-electron chi connectivity index (χ4n) is 4.63. The molecule has 0 spiro atoms. The van der Waals surface area contributed by atoms with E-state index in [9.17, 15) is 18.5 Å². The Hall–Kier alpha value is -3.81. The lowest BCUT2D eigenvalue weighted by Crippen LogP contribution is -2.30. The van der Waals surface area contributed by atoms with Gasteiger partial charge in [-0.3, -0.25) is 10.1 Å². The Morgan fingerprint density at radius 1 is 0.706 bits per heavy atom. The van der Waals surface area contributed by atoms with E-state index in [4.69, 9.17) is 5.14 Å². The molecule has 4 rings (SSSR count). The summed E-state index contributed by atoms with van der Waals surface area (Å²) in [7, 11) is -4.25. The van der Waals surface area contributed by atoms with Crippen molar-refractivity contribution in [1.29, 1.82) is 0 Å². The zero-order chi connectivity index (χ0) is 24.2. The van der Waals surface area contributed by atoms with Crippen LogP contribution < -0.4 is 5.14 Å². The summed E-state index contributed by atoms with van der Waals surface area (Å²) in [6.45, 7) is 0. The van der Waals surface area contributed by atoms with Crippen LogP contribution in [0.15, 0.2) is 114 Å². The van der Waals surface area contributed by atoms with Crippen LogP contribution in [0.2, 0.25) is 0 Å². The minimum atomic E-state index is -4.25. The largest absolute Gasteiger partial charge is 0.292 e. The first-order chi connectivity index (χ1) is 16.3. The van der Waals surface area contributed by atoms with Crippen molar-refractivity contribution in [1.82, 2.24) is 0 Å². The van der Waals surface area contributed by atoms with Gasteiger partial charge in [-0.2, -0.15) is 0 Å². The average molecular weight is 473 g/mol. The van der Waals surface area contributed by atoms with Crippen molar-refractivity contribution in [2.24, 2.45) is 5.14 Å². The van der Waals surface area contributed by atoms with Crippen molar-refractivity contribution in [3.63, 3.8) is 0 Å². The summed E-state index contributed by atoms with van der Waals surface area (Å²) in [5, 5.41) is 17.2. The third-order valence-electron chi connectivity index (χ3n) is 6.14. The van der Waals surface area contributed by atoms with Gasteiger partial charge in [0.15, 0.2) is 4.90 Å². The Morgan fingerprint density at radius 2 is 1.15 bits per heavy atom. The Balaban J connectivity index is 1.92. The third-order valence-corrected chi connectivity index (χ3v) is 7.08. The lowest BCUT2D eigenvalue weighted by molar-refractivity contribution is -0.388. The average Bonchev–Trinajstić information content (AvgIpc) is 2.85.